The van der Waals surface area contributed by atoms with Crippen LogP contribution in [0, 0.1) is 13.8 Å². The van der Waals surface area contributed by atoms with E-state index in [-0.39, 0.29) is 24.7 Å². The van der Waals surface area contributed by atoms with Crippen LogP contribution in [0.4, 0.5) is 0 Å². The highest BCUT2D eigenvalue weighted by molar-refractivity contribution is 6.31. The minimum atomic E-state index is -0.112. The first-order chi connectivity index (χ1) is 11.0. The fourth-order valence-corrected chi connectivity index (χ4v) is 2.81. The second-order valence-corrected chi connectivity index (χ2v) is 6.02. The number of carbonyl (C=O) groups is 1. The molecular formula is C14H19ClN6O2. The standard InChI is InChI=1S/C14H19ClN6O2/c1-8-13(15)9(2)21(20-8)6-12(22)16-5-10-3-4-11(23-10)14-17-7-18-19-14/h7,10-11H,3-6H2,1-2H3,(H,16,22)(H,17,18,19)/t10-,11+/m1/s1. The highest BCUT2D eigenvalue weighted by atomic mass is 35.5. The second kappa shape index (κ2) is 6.67. The van der Waals surface area contributed by atoms with Gasteiger partial charge in [0.05, 0.1) is 22.5 Å². The van der Waals surface area contributed by atoms with Crippen LogP contribution >= 0.6 is 11.6 Å². The zero-order valence-corrected chi connectivity index (χ0v) is 13.8. The van der Waals surface area contributed by atoms with Crippen LogP contribution in [-0.2, 0) is 16.1 Å². The zero-order valence-electron chi connectivity index (χ0n) is 13.0. The van der Waals surface area contributed by atoms with E-state index in [0.29, 0.717) is 11.6 Å². The molecular weight excluding hydrogens is 320 g/mol. The molecule has 0 radical (unpaired) electrons. The summed E-state index contributed by atoms with van der Waals surface area (Å²) < 4.78 is 7.47. The number of aromatic amines is 1. The predicted octanol–water partition coefficient (Wildman–Crippen LogP) is 1.31. The van der Waals surface area contributed by atoms with Crippen LogP contribution in [0.2, 0.25) is 5.02 Å². The Morgan fingerprint density at radius 1 is 1.52 bits per heavy atom. The SMILES string of the molecule is Cc1nn(CC(=O)NC[C@H]2CC[C@@H](c3ncn[nH]3)O2)c(C)c1Cl. The van der Waals surface area contributed by atoms with Crippen molar-refractivity contribution in [1.29, 1.82) is 0 Å². The summed E-state index contributed by atoms with van der Waals surface area (Å²) in [5.74, 6) is 0.620. The summed E-state index contributed by atoms with van der Waals surface area (Å²) in [6, 6.07) is 0. The number of aromatic nitrogens is 5. The summed E-state index contributed by atoms with van der Waals surface area (Å²) in [7, 11) is 0. The number of amides is 1. The molecule has 2 aromatic heterocycles. The van der Waals surface area contributed by atoms with Gasteiger partial charge < -0.3 is 10.1 Å². The Morgan fingerprint density at radius 3 is 3.00 bits per heavy atom. The smallest absolute Gasteiger partial charge is 0.241 e. The van der Waals surface area contributed by atoms with Crippen LogP contribution in [0.5, 0.6) is 0 Å². The summed E-state index contributed by atoms with van der Waals surface area (Å²) in [6.07, 6.45) is 3.11. The minimum Gasteiger partial charge on any atom is -0.365 e. The Hall–Kier alpha value is -1.93. The van der Waals surface area contributed by atoms with Gasteiger partial charge in [0, 0.05) is 6.54 Å². The van der Waals surface area contributed by atoms with E-state index in [2.05, 4.69) is 25.6 Å². The maximum absolute atomic E-state index is 12.1. The fraction of sp³-hybridized carbons (Fsp3) is 0.571. The lowest BCUT2D eigenvalue weighted by Crippen LogP contribution is -2.34. The van der Waals surface area contributed by atoms with Gasteiger partial charge in [-0.15, -0.1) is 0 Å². The quantitative estimate of drug-likeness (QED) is 0.856. The summed E-state index contributed by atoms with van der Waals surface area (Å²) in [5, 5.41) is 14.4. The average Bonchev–Trinajstić information content (AvgIpc) is 3.24. The van der Waals surface area contributed by atoms with E-state index in [0.717, 1.165) is 30.1 Å². The molecule has 0 bridgehead atoms. The molecule has 23 heavy (non-hydrogen) atoms. The summed E-state index contributed by atoms with van der Waals surface area (Å²) in [6.45, 7) is 4.28. The molecule has 3 rings (SSSR count). The molecule has 1 amide bonds. The number of rotatable bonds is 5. The van der Waals surface area contributed by atoms with E-state index in [1.807, 2.05) is 13.8 Å². The fourth-order valence-electron chi connectivity index (χ4n) is 2.68. The van der Waals surface area contributed by atoms with Gasteiger partial charge in [-0.25, -0.2) is 4.98 Å². The van der Waals surface area contributed by atoms with E-state index >= 15 is 0 Å². The molecule has 9 heteroatoms. The molecule has 1 fully saturated rings. The maximum Gasteiger partial charge on any atom is 0.241 e. The summed E-state index contributed by atoms with van der Waals surface area (Å²) in [5.41, 5.74) is 1.52. The van der Waals surface area contributed by atoms with E-state index in [9.17, 15) is 4.79 Å². The van der Waals surface area contributed by atoms with Crippen LogP contribution in [0.3, 0.4) is 0 Å². The molecule has 1 aliphatic rings. The van der Waals surface area contributed by atoms with Gasteiger partial charge in [0.25, 0.3) is 0 Å². The Bertz CT molecular complexity index is 684. The molecule has 0 aliphatic carbocycles. The van der Waals surface area contributed by atoms with Gasteiger partial charge in [0.1, 0.15) is 19.0 Å². The van der Waals surface area contributed by atoms with Gasteiger partial charge in [0.15, 0.2) is 5.82 Å². The second-order valence-electron chi connectivity index (χ2n) is 5.64. The number of nitrogens with zero attached hydrogens (tertiary/aromatic N) is 4. The van der Waals surface area contributed by atoms with Crippen molar-refractivity contribution in [3.05, 3.63) is 28.6 Å². The van der Waals surface area contributed by atoms with E-state index in [1.54, 1.807) is 4.68 Å². The first-order valence-corrected chi connectivity index (χ1v) is 7.89. The van der Waals surface area contributed by atoms with Crippen molar-refractivity contribution in [1.82, 2.24) is 30.3 Å². The largest absolute Gasteiger partial charge is 0.365 e. The Morgan fingerprint density at radius 2 is 2.35 bits per heavy atom. The third-order valence-electron chi connectivity index (χ3n) is 3.96. The number of H-pyrrole nitrogens is 1. The van der Waals surface area contributed by atoms with Crippen molar-refractivity contribution in [2.45, 2.75) is 45.4 Å². The van der Waals surface area contributed by atoms with Gasteiger partial charge in [0.2, 0.25) is 5.91 Å². The number of nitrogens with one attached hydrogen (secondary N) is 2. The first-order valence-electron chi connectivity index (χ1n) is 7.51. The van der Waals surface area contributed by atoms with E-state index < -0.39 is 0 Å². The third-order valence-corrected chi connectivity index (χ3v) is 4.51. The van der Waals surface area contributed by atoms with Crippen LogP contribution < -0.4 is 5.32 Å². The molecule has 124 valence electrons. The molecule has 0 aromatic carbocycles. The van der Waals surface area contributed by atoms with Crippen LogP contribution in [0.25, 0.3) is 0 Å². The molecule has 1 saturated heterocycles. The molecule has 2 aromatic rings. The highest BCUT2D eigenvalue weighted by Crippen LogP contribution is 2.29. The number of halogens is 1. The lowest BCUT2D eigenvalue weighted by atomic mass is 10.2. The molecule has 8 nitrogen and oxygen atoms in total. The molecule has 2 atom stereocenters. The van der Waals surface area contributed by atoms with Crippen LogP contribution in [0.1, 0.15) is 36.2 Å². The highest BCUT2D eigenvalue weighted by Gasteiger charge is 2.28. The van der Waals surface area contributed by atoms with Crippen LogP contribution in [-0.4, -0.2) is 43.5 Å². The van der Waals surface area contributed by atoms with Crippen molar-refractivity contribution >= 4 is 17.5 Å². The van der Waals surface area contributed by atoms with Gasteiger partial charge in [-0.05, 0) is 26.7 Å². The number of ether oxygens (including phenoxy) is 1. The first kappa shape index (κ1) is 15.9. The molecule has 0 saturated carbocycles. The summed E-state index contributed by atoms with van der Waals surface area (Å²) >= 11 is 6.08. The Balaban J connectivity index is 1.47. The monoisotopic (exact) mass is 338 g/mol. The van der Waals surface area contributed by atoms with Gasteiger partial charge in [-0.1, -0.05) is 11.6 Å². The van der Waals surface area contributed by atoms with E-state index in [1.165, 1.54) is 6.33 Å². The van der Waals surface area contributed by atoms with Crippen molar-refractivity contribution in [3.63, 3.8) is 0 Å². The van der Waals surface area contributed by atoms with Crippen molar-refractivity contribution in [2.75, 3.05) is 6.54 Å². The van der Waals surface area contributed by atoms with Crippen molar-refractivity contribution in [2.24, 2.45) is 0 Å². The van der Waals surface area contributed by atoms with E-state index in [4.69, 9.17) is 16.3 Å². The maximum atomic E-state index is 12.1. The predicted molar refractivity (Wildman–Crippen MR) is 83.0 cm³/mol. The van der Waals surface area contributed by atoms with Crippen LogP contribution in [0.15, 0.2) is 6.33 Å². The number of aryl methyl sites for hydroxylation is 1. The Labute approximate surface area is 138 Å². The lowest BCUT2D eigenvalue weighted by Gasteiger charge is -2.13. The minimum absolute atomic E-state index is 0.0157. The average molecular weight is 339 g/mol. The van der Waals surface area contributed by atoms with Gasteiger partial charge in [-0.2, -0.15) is 10.2 Å². The van der Waals surface area contributed by atoms with Crippen molar-refractivity contribution < 1.29 is 9.53 Å². The topological polar surface area (TPSA) is 97.7 Å². The van der Waals surface area contributed by atoms with Crippen molar-refractivity contribution in [3.8, 4) is 0 Å². The molecule has 0 unspecified atom stereocenters. The number of carbonyl (C=O) groups excluding carboxylic acids is 1. The zero-order chi connectivity index (χ0) is 16.4. The Kier molecular flexibility index (Phi) is 4.63. The number of hydrogen-bond acceptors (Lipinski definition) is 5. The molecule has 0 spiro atoms. The molecule has 2 N–H and O–H groups in total. The third kappa shape index (κ3) is 3.53. The molecule has 3 heterocycles. The number of hydrogen-bond donors (Lipinski definition) is 2. The van der Waals surface area contributed by atoms with Gasteiger partial charge >= 0.3 is 0 Å². The van der Waals surface area contributed by atoms with Gasteiger partial charge in [-0.3, -0.25) is 14.6 Å². The normalized spacial score (nSPS) is 20.8. The summed E-state index contributed by atoms with van der Waals surface area (Å²) in [4.78, 5) is 16.2. The lowest BCUT2D eigenvalue weighted by molar-refractivity contribution is -0.122. The molecule has 1 aliphatic heterocycles.